The second kappa shape index (κ2) is 11.8. The Labute approximate surface area is 186 Å². The second-order valence-electron chi connectivity index (χ2n) is 7.80. The number of hydrogen-bond donors (Lipinski definition) is 0. The Morgan fingerprint density at radius 3 is 1.52 bits per heavy atom. The van der Waals surface area contributed by atoms with Crippen LogP contribution in [0.5, 0.6) is 0 Å². The molecule has 0 bridgehead atoms. The summed E-state index contributed by atoms with van der Waals surface area (Å²) >= 11 is 0. The van der Waals surface area contributed by atoms with Gasteiger partial charge in [-0.15, -0.1) is 0 Å². The maximum absolute atomic E-state index is 14.5. The quantitative estimate of drug-likeness (QED) is 0.375. The Bertz CT molecular complexity index is 1100. The third kappa shape index (κ3) is 7.16. The minimum atomic E-state index is -0.339. The van der Waals surface area contributed by atoms with Gasteiger partial charge in [-0.2, -0.15) is 0 Å². The van der Waals surface area contributed by atoms with Gasteiger partial charge in [-0.25, -0.2) is 4.39 Å². The molecule has 0 unspecified atom stereocenters. The predicted molar refractivity (Wildman–Crippen MR) is 128 cm³/mol. The highest BCUT2D eigenvalue weighted by molar-refractivity contribution is 5.49. The number of rotatable bonds is 6. The molecule has 0 spiro atoms. The number of halogens is 1. The topological polar surface area (TPSA) is 0 Å². The van der Waals surface area contributed by atoms with Crippen molar-refractivity contribution in [2.75, 3.05) is 0 Å². The molecule has 0 aliphatic rings. The molecule has 3 aromatic rings. The van der Waals surface area contributed by atoms with E-state index < -0.39 is 0 Å². The lowest BCUT2D eigenvalue weighted by atomic mass is 10.1. The predicted octanol–water partition coefficient (Wildman–Crippen LogP) is 7.31. The Morgan fingerprint density at radius 1 is 0.581 bits per heavy atom. The van der Waals surface area contributed by atoms with Gasteiger partial charge in [0.15, 0.2) is 0 Å². The van der Waals surface area contributed by atoms with Crippen LogP contribution in [-0.4, -0.2) is 0 Å². The molecule has 3 rings (SSSR count). The van der Waals surface area contributed by atoms with Crippen LogP contribution in [0.1, 0.15) is 72.9 Å². The molecule has 156 valence electrons. The molecule has 0 saturated heterocycles. The summed E-state index contributed by atoms with van der Waals surface area (Å²) < 4.78 is 14.5. The van der Waals surface area contributed by atoms with Crippen LogP contribution in [0.25, 0.3) is 0 Å². The Morgan fingerprint density at radius 2 is 1.03 bits per heavy atom. The third-order valence-corrected chi connectivity index (χ3v) is 5.21. The smallest absolute Gasteiger partial charge is 0.140 e. The van der Waals surface area contributed by atoms with Crippen molar-refractivity contribution in [1.29, 1.82) is 0 Å². The van der Waals surface area contributed by atoms with Crippen molar-refractivity contribution in [3.8, 4) is 23.7 Å². The van der Waals surface area contributed by atoms with Crippen LogP contribution in [0.4, 0.5) is 4.39 Å². The van der Waals surface area contributed by atoms with E-state index in [0.29, 0.717) is 11.1 Å². The van der Waals surface area contributed by atoms with E-state index in [-0.39, 0.29) is 5.82 Å². The number of benzene rings is 3. The molecule has 0 saturated carbocycles. The van der Waals surface area contributed by atoms with Gasteiger partial charge >= 0.3 is 0 Å². The summed E-state index contributed by atoms with van der Waals surface area (Å²) in [6.45, 7) is 4.39. The molecule has 0 aliphatic carbocycles. The van der Waals surface area contributed by atoms with Crippen molar-refractivity contribution in [2.45, 2.75) is 52.4 Å². The highest BCUT2D eigenvalue weighted by atomic mass is 19.1. The summed E-state index contributed by atoms with van der Waals surface area (Å²) in [6.07, 6.45) is 6.95. The van der Waals surface area contributed by atoms with Gasteiger partial charge in [0, 0.05) is 16.7 Å². The van der Waals surface area contributed by atoms with Gasteiger partial charge in [-0.1, -0.05) is 74.6 Å². The van der Waals surface area contributed by atoms with Crippen LogP contribution in [0.15, 0.2) is 66.7 Å². The van der Waals surface area contributed by atoms with Gasteiger partial charge in [0.2, 0.25) is 0 Å². The standard InChI is InChI=1S/C30H29F/c1-3-5-7-24-9-13-26(14-10-24)17-18-28-20-22-29(30(31)23-28)21-19-27-15-11-25(12-16-27)8-6-4-2/h9-16,20,22-23H,3-8H2,1-2H3. The first-order chi connectivity index (χ1) is 15.2. The average Bonchev–Trinajstić information content (AvgIpc) is 2.81. The van der Waals surface area contributed by atoms with E-state index in [9.17, 15) is 4.39 Å². The zero-order valence-electron chi connectivity index (χ0n) is 18.5. The fraction of sp³-hybridized carbons (Fsp3) is 0.267. The van der Waals surface area contributed by atoms with Crippen molar-refractivity contribution < 1.29 is 4.39 Å². The maximum atomic E-state index is 14.5. The fourth-order valence-corrected chi connectivity index (χ4v) is 3.25. The highest BCUT2D eigenvalue weighted by Gasteiger charge is 2.00. The molecule has 0 fully saturated rings. The fourth-order valence-electron chi connectivity index (χ4n) is 3.25. The molecule has 0 atom stereocenters. The van der Waals surface area contributed by atoms with Gasteiger partial charge in [0.1, 0.15) is 5.82 Å². The number of unbranched alkanes of at least 4 members (excludes halogenated alkanes) is 2. The summed E-state index contributed by atoms with van der Waals surface area (Å²) in [5.41, 5.74) is 5.52. The van der Waals surface area contributed by atoms with E-state index in [4.69, 9.17) is 0 Å². The first kappa shape index (κ1) is 22.4. The van der Waals surface area contributed by atoms with Gasteiger partial charge in [0.05, 0.1) is 5.56 Å². The van der Waals surface area contributed by atoms with Crippen LogP contribution in [0.2, 0.25) is 0 Å². The largest absolute Gasteiger partial charge is 0.206 e. The number of aryl methyl sites for hydroxylation is 2. The second-order valence-corrected chi connectivity index (χ2v) is 7.80. The average molecular weight is 409 g/mol. The third-order valence-electron chi connectivity index (χ3n) is 5.21. The molecule has 31 heavy (non-hydrogen) atoms. The molecular weight excluding hydrogens is 379 g/mol. The zero-order chi connectivity index (χ0) is 21.9. The van der Waals surface area contributed by atoms with Gasteiger partial charge in [-0.05, 0) is 79.3 Å². The lowest BCUT2D eigenvalue weighted by Gasteiger charge is -2.00. The molecule has 0 nitrogen and oxygen atoms in total. The van der Waals surface area contributed by atoms with Crippen molar-refractivity contribution >= 4 is 0 Å². The number of hydrogen-bond acceptors (Lipinski definition) is 0. The van der Waals surface area contributed by atoms with Crippen molar-refractivity contribution in [1.82, 2.24) is 0 Å². The first-order valence-corrected chi connectivity index (χ1v) is 11.2. The van der Waals surface area contributed by atoms with Crippen molar-refractivity contribution in [3.05, 3.63) is 106 Å². The van der Waals surface area contributed by atoms with Crippen LogP contribution < -0.4 is 0 Å². The molecule has 0 aromatic heterocycles. The first-order valence-electron chi connectivity index (χ1n) is 11.2. The summed E-state index contributed by atoms with van der Waals surface area (Å²) in [5.74, 6) is 11.8. The summed E-state index contributed by atoms with van der Waals surface area (Å²) in [7, 11) is 0. The van der Waals surface area contributed by atoms with Gasteiger partial charge in [0.25, 0.3) is 0 Å². The lowest BCUT2D eigenvalue weighted by molar-refractivity contribution is 0.624. The summed E-state index contributed by atoms with van der Waals surface area (Å²) in [6, 6.07) is 21.5. The molecule has 3 aromatic carbocycles. The van der Waals surface area contributed by atoms with E-state index in [1.807, 2.05) is 30.3 Å². The van der Waals surface area contributed by atoms with E-state index in [1.54, 1.807) is 6.07 Å². The zero-order valence-corrected chi connectivity index (χ0v) is 18.5. The van der Waals surface area contributed by atoms with Crippen LogP contribution in [0.3, 0.4) is 0 Å². The Balaban J connectivity index is 1.66. The molecule has 0 radical (unpaired) electrons. The SMILES string of the molecule is CCCCc1ccc(C#Cc2ccc(C#Cc3ccc(CCCC)cc3)c(F)c2)cc1. The van der Waals surface area contributed by atoms with Crippen LogP contribution >= 0.6 is 0 Å². The highest BCUT2D eigenvalue weighted by Crippen LogP contribution is 2.12. The molecule has 0 heterocycles. The van der Waals surface area contributed by atoms with Crippen molar-refractivity contribution in [3.63, 3.8) is 0 Å². The Hall–Kier alpha value is -3.29. The molecule has 0 N–H and O–H groups in total. The van der Waals surface area contributed by atoms with Crippen LogP contribution in [0, 0.1) is 29.5 Å². The summed E-state index contributed by atoms with van der Waals surface area (Å²) in [5, 5.41) is 0. The van der Waals surface area contributed by atoms with E-state index in [1.165, 1.54) is 42.9 Å². The van der Waals surface area contributed by atoms with Gasteiger partial charge < -0.3 is 0 Å². The van der Waals surface area contributed by atoms with Crippen LogP contribution in [-0.2, 0) is 12.8 Å². The lowest BCUT2D eigenvalue weighted by Crippen LogP contribution is -1.87. The minimum absolute atomic E-state index is 0.339. The molecule has 1 heteroatoms. The van der Waals surface area contributed by atoms with E-state index in [0.717, 1.165) is 24.0 Å². The summed E-state index contributed by atoms with van der Waals surface area (Å²) in [4.78, 5) is 0. The molecule has 0 amide bonds. The Kier molecular flexibility index (Phi) is 8.51. The van der Waals surface area contributed by atoms with E-state index >= 15 is 0 Å². The van der Waals surface area contributed by atoms with E-state index in [2.05, 4.69) is 61.8 Å². The monoisotopic (exact) mass is 408 g/mol. The molecular formula is C30H29F. The van der Waals surface area contributed by atoms with Gasteiger partial charge in [-0.3, -0.25) is 0 Å². The molecule has 0 aliphatic heterocycles. The minimum Gasteiger partial charge on any atom is -0.206 e. The maximum Gasteiger partial charge on any atom is 0.140 e. The van der Waals surface area contributed by atoms with Crippen molar-refractivity contribution in [2.24, 2.45) is 0 Å². The normalized spacial score (nSPS) is 10.0.